The molecule has 0 aromatic carbocycles. The number of carbonyl (C=O) groups is 1. The summed E-state index contributed by atoms with van der Waals surface area (Å²) in [5, 5.41) is 5.00. The number of alkyl halides is 3. The Morgan fingerprint density at radius 1 is 1.45 bits per heavy atom. The molecular formula is C13H23F3N2O2. The molecule has 1 heterocycles. The highest BCUT2D eigenvalue weighted by molar-refractivity contribution is 5.84. The molecule has 1 aliphatic heterocycles. The third-order valence-corrected chi connectivity index (χ3v) is 3.33. The summed E-state index contributed by atoms with van der Waals surface area (Å²) >= 11 is 0. The molecule has 1 unspecified atom stereocenters. The van der Waals surface area contributed by atoms with Crippen LogP contribution >= 0.6 is 0 Å². The van der Waals surface area contributed by atoms with Crippen molar-refractivity contribution in [3.8, 4) is 0 Å². The molecule has 118 valence electrons. The Labute approximate surface area is 117 Å². The third-order valence-electron chi connectivity index (χ3n) is 3.33. The van der Waals surface area contributed by atoms with Crippen LogP contribution in [0, 0.1) is 11.3 Å². The van der Waals surface area contributed by atoms with Crippen LogP contribution in [0.2, 0.25) is 0 Å². The van der Waals surface area contributed by atoms with Crippen LogP contribution in [0.1, 0.15) is 26.7 Å². The zero-order chi connectivity index (χ0) is 15.2. The Morgan fingerprint density at radius 3 is 2.65 bits per heavy atom. The molecule has 1 atom stereocenters. The lowest BCUT2D eigenvalue weighted by molar-refractivity contribution is -0.216. The van der Waals surface area contributed by atoms with E-state index in [9.17, 15) is 18.0 Å². The number of rotatable bonds is 7. The van der Waals surface area contributed by atoms with Crippen LogP contribution in [0.4, 0.5) is 13.2 Å². The molecule has 2 N–H and O–H groups in total. The van der Waals surface area contributed by atoms with Gasteiger partial charge in [0, 0.05) is 26.3 Å². The van der Waals surface area contributed by atoms with E-state index >= 15 is 0 Å². The first-order valence-corrected chi connectivity index (χ1v) is 6.93. The van der Waals surface area contributed by atoms with Gasteiger partial charge in [-0.05, 0) is 25.3 Å². The molecule has 1 saturated heterocycles. The van der Waals surface area contributed by atoms with Crippen LogP contribution in [-0.2, 0) is 9.53 Å². The third kappa shape index (κ3) is 4.34. The minimum Gasteiger partial charge on any atom is -0.381 e. The molecule has 1 amide bonds. The Bertz CT molecular complexity index is 313. The van der Waals surface area contributed by atoms with Crippen LogP contribution in [0.3, 0.4) is 0 Å². The van der Waals surface area contributed by atoms with Crippen molar-refractivity contribution in [1.82, 2.24) is 10.6 Å². The first-order valence-electron chi connectivity index (χ1n) is 6.93. The van der Waals surface area contributed by atoms with Crippen molar-refractivity contribution < 1.29 is 22.7 Å². The Morgan fingerprint density at radius 2 is 2.15 bits per heavy atom. The maximum atomic E-state index is 13.1. The summed E-state index contributed by atoms with van der Waals surface area (Å²) < 4.78 is 44.5. The molecule has 0 bridgehead atoms. The van der Waals surface area contributed by atoms with Crippen LogP contribution in [0.25, 0.3) is 0 Å². The smallest absolute Gasteiger partial charge is 0.381 e. The highest BCUT2D eigenvalue weighted by Gasteiger charge is 2.61. The van der Waals surface area contributed by atoms with Gasteiger partial charge in [-0.25, -0.2) is 0 Å². The summed E-state index contributed by atoms with van der Waals surface area (Å²) in [6, 6.07) is 0. The first-order chi connectivity index (χ1) is 9.29. The highest BCUT2D eigenvalue weighted by Crippen LogP contribution is 2.43. The van der Waals surface area contributed by atoms with Gasteiger partial charge in [0.1, 0.15) is 0 Å². The number of amides is 1. The fourth-order valence-electron chi connectivity index (χ4n) is 2.12. The fraction of sp³-hybridized carbons (Fsp3) is 0.923. The second kappa shape index (κ2) is 7.26. The minimum absolute atomic E-state index is 0.202. The lowest BCUT2D eigenvalue weighted by Gasteiger charge is -2.29. The zero-order valence-corrected chi connectivity index (χ0v) is 12.0. The standard InChI is InChI=1S/C13H23F3N2O2/c1-10(2)8-20-7-3-5-18-11(19)12(13(14,15)16)4-6-17-9-12/h10,17H,3-9H2,1-2H3,(H,18,19). The molecular weight excluding hydrogens is 273 g/mol. The molecule has 0 aliphatic carbocycles. The van der Waals surface area contributed by atoms with E-state index in [0.717, 1.165) is 0 Å². The van der Waals surface area contributed by atoms with Gasteiger partial charge in [-0.2, -0.15) is 13.2 Å². The Kier molecular flexibility index (Phi) is 6.26. The highest BCUT2D eigenvalue weighted by atomic mass is 19.4. The molecule has 7 heteroatoms. The van der Waals surface area contributed by atoms with E-state index in [1.54, 1.807) is 0 Å². The maximum Gasteiger partial charge on any atom is 0.404 e. The summed E-state index contributed by atoms with van der Waals surface area (Å²) in [6.07, 6.45) is -4.21. The molecule has 1 fully saturated rings. The molecule has 4 nitrogen and oxygen atoms in total. The topological polar surface area (TPSA) is 50.4 Å². The van der Waals surface area contributed by atoms with Crippen molar-refractivity contribution in [2.24, 2.45) is 11.3 Å². The molecule has 0 aromatic heterocycles. The number of ether oxygens (including phenoxy) is 1. The van der Waals surface area contributed by atoms with Crippen molar-refractivity contribution in [2.45, 2.75) is 32.9 Å². The van der Waals surface area contributed by atoms with E-state index in [0.29, 0.717) is 25.6 Å². The average molecular weight is 296 g/mol. The molecule has 1 aliphatic rings. The summed E-state index contributed by atoms with van der Waals surface area (Å²) in [4.78, 5) is 11.8. The van der Waals surface area contributed by atoms with E-state index in [1.165, 1.54) is 0 Å². The minimum atomic E-state index is -4.52. The molecule has 0 aromatic rings. The van der Waals surface area contributed by atoms with E-state index in [2.05, 4.69) is 10.6 Å². The lowest BCUT2D eigenvalue weighted by Crippen LogP contribution is -2.52. The van der Waals surface area contributed by atoms with Gasteiger partial charge in [0.15, 0.2) is 5.41 Å². The summed E-state index contributed by atoms with van der Waals surface area (Å²) in [5.41, 5.74) is -2.27. The van der Waals surface area contributed by atoms with Gasteiger partial charge < -0.3 is 15.4 Å². The summed E-state index contributed by atoms with van der Waals surface area (Å²) in [7, 11) is 0. The van der Waals surface area contributed by atoms with Gasteiger partial charge in [0.05, 0.1) is 0 Å². The summed E-state index contributed by atoms with van der Waals surface area (Å²) in [6.45, 7) is 5.16. The van der Waals surface area contributed by atoms with Crippen molar-refractivity contribution in [3.05, 3.63) is 0 Å². The second-order valence-electron chi connectivity index (χ2n) is 5.58. The number of halogens is 3. The monoisotopic (exact) mass is 296 g/mol. The maximum absolute atomic E-state index is 13.1. The normalized spacial score (nSPS) is 23.3. The van der Waals surface area contributed by atoms with Gasteiger partial charge in [0.2, 0.25) is 5.91 Å². The van der Waals surface area contributed by atoms with Crippen molar-refractivity contribution >= 4 is 5.91 Å². The lowest BCUT2D eigenvalue weighted by atomic mass is 9.85. The van der Waals surface area contributed by atoms with E-state index < -0.39 is 17.5 Å². The fourth-order valence-corrected chi connectivity index (χ4v) is 2.12. The Balaban J connectivity index is 2.34. The Hall–Kier alpha value is -0.820. The number of nitrogens with one attached hydrogen (secondary N) is 2. The van der Waals surface area contributed by atoms with Crippen molar-refractivity contribution in [2.75, 3.05) is 32.8 Å². The molecule has 0 spiro atoms. The van der Waals surface area contributed by atoms with Crippen molar-refractivity contribution in [3.63, 3.8) is 0 Å². The van der Waals surface area contributed by atoms with Crippen LogP contribution < -0.4 is 10.6 Å². The molecule has 0 radical (unpaired) electrons. The van der Waals surface area contributed by atoms with E-state index in [1.807, 2.05) is 13.8 Å². The predicted molar refractivity (Wildman–Crippen MR) is 69.3 cm³/mol. The molecule has 20 heavy (non-hydrogen) atoms. The van der Waals surface area contributed by atoms with Crippen LogP contribution in [-0.4, -0.2) is 44.9 Å². The van der Waals surface area contributed by atoms with Gasteiger partial charge in [-0.15, -0.1) is 0 Å². The van der Waals surface area contributed by atoms with E-state index in [4.69, 9.17) is 4.74 Å². The molecule has 1 rings (SSSR count). The number of hydrogen-bond acceptors (Lipinski definition) is 3. The quantitative estimate of drug-likeness (QED) is 0.703. The zero-order valence-electron chi connectivity index (χ0n) is 12.0. The first kappa shape index (κ1) is 17.2. The SMILES string of the molecule is CC(C)COCCCNC(=O)C1(C(F)(F)F)CCNC1. The van der Waals surface area contributed by atoms with Crippen molar-refractivity contribution in [1.29, 1.82) is 0 Å². The van der Waals surface area contributed by atoms with E-state index in [-0.39, 0.29) is 26.1 Å². The van der Waals surface area contributed by atoms with Gasteiger partial charge in [0.25, 0.3) is 0 Å². The predicted octanol–water partition coefficient (Wildman–Crippen LogP) is 1.71. The summed E-state index contributed by atoms with van der Waals surface area (Å²) in [5.74, 6) is -0.512. The average Bonchev–Trinajstić information content (AvgIpc) is 2.82. The largest absolute Gasteiger partial charge is 0.404 e. The number of hydrogen-bond donors (Lipinski definition) is 2. The van der Waals surface area contributed by atoms with Gasteiger partial charge in [-0.3, -0.25) is 4.79 Å². The molecule has 0 saturated carbocycles. The van der Waals surface area contributed by atoms with Gasteiger partial charge >= 0.3 is 6.18 Å². The van der Waals surface area contributed by atoms with Crippen LogP contribution in [0.15, 0.2) is 0 Å². The van der Waals surface area contributed by atoms with Gasteiger partial charge in [-0.1, -0.05) is 13.8 Å². The van der Waals surface area contributed by atoms with Crippen LogP contribution in [0.5, 0.6) is 0 Å². The second-order valence-corrected chi connectivity index (χ2v) is 5.58. The number of carbonyl (C=O) groups excluding carboxylic acids is 1.